The van der Waals surface area contributed by atoms with Crippen LogP contribution in [0.5, 0.6) is 0 Å². The van der Waals surface area contributed by atoms with Gasteiger partial charge < -0.3 is 9.67 Å². The minimum Gasteiger partial charge on any atom is -0.478 e. The standard InChI is InChI=1S/C16H19N3O2/c20-16(21)15-4-1-3-13-11-18(9-5-14(13)15)7-2-8-19-10-6-17-12-19/h1,3-4,6,10,12H,2,5,7-9,11H2,(H,20,21). The van der Waals surface area contributed by atoms with Crippen molar-refractivity contribution in [2.45, 2.75) is 25.9 Å². The van der Waals surface area contributed by atoms with Gasteiger partial charge in [-0.05, 0) is 30.0 Å². The summed E-state index contributed by atoms with van der Waals surface area (Å²) in [7, 11) is 0. The molecule has 1 aromatic heterocycles. The average molecular weight is 285 g/mol. The molecule has 0 bridgehead atoms. The van der Waals surface area contributed by atoms with Crippen molar-refractivity contribution in [1.29, 1.82) is 0 Å². The maximum absolute atomic E-state index is 11.2. The minimum atomic E-state index is -0.819. The maximum Gasteiger partial charge on any atom is 0.335 e. The third-order valence-electron chi connectivity index (χ3n) is 4.03. The molecule has 0 amide bonds. The number of carboxylic acids is 1. The number of carbonyl (C=O) groups is 1. The Labute approximate surface area is 123 Å². The van der Waals surface area contributed by atoms with E-state index >= 15 is 0 Å². The number of hydrogen-bond acceptors (Lipinski definition) is 3. The van der Waals surface area contributed by atoms with E-state index in [1.807, 2.05) is 24.7 Å². The molecule has 0 aliphatic carbocycles. The van der Waals surface area contributed by atoms with Crippen molar-refractivity contribution < 1.29 is 9.90 Å². The molecule has 0 atom stereocenters. The quantitative estimate of drug-likeness (QED) is 0.913. The summed E-state index contributed by atoms with van der Waals surface area (Å²) in [5, 5.41) is 9.23. The lowest BCUT2D eigenvalue weighted by Gasteiger charge is -2.29. The Morgan fingerprint density at radius 3 is 3.00 bits per heavy atom. The molecule has 0 radical (unpaired) electrons. The zero-order valence-corrected chi connectivity index (χ0v) is 11.9. The van der Waals surface area contributed by atoms with E-state index in [1.165, 1.54) is 0 Å². The number of benzene rings is 1. The van der Waals surface area contributed by atoms with E-state index in [-0.39, 0.29) is 0 Å². The predicted molar refractivity (Wildman–Crippen MR) is 79.2 cm³/mol. The van der Waals surface area contributed by atoms with Crippen molar-refractivity contribution in [3.05, 3.63) is 53.6 Å². The second kappa shape index (κ2) is 6.10. The van der Waals surface area contributed by atoms with E-state index in [0.717, 1.165) is 50.1 Å². The normalized spacial score (nSPS) is 14.9. The highest BCUT2D eigenvalue weighted by molar-refractivity contribution is 5.89. The molecule has 0 unspecified atom stereocenters. The number of aromatic nitrogens is 2. The van der Waals surface area contributed by atoms with Gasteiger partial charge in [-0.3, -0.25) is 4.90 Å². The second-order valence-electron chi connectivity index (χ2n) is 5.43. The van der Waals surface area contributed by atoms with Crippen molar-refractivity contribution in [3.8, 4) is 0 Å². The van der Waals surface area contributed by atoms with Gasteiger partial charge in [0.05, 0.1) is 11.9 Å². The van der Waals surface area contributed by atoms with E-state index in [1.54, 1.807) is 12.3 Å². The maximum atomic E-state index is 11.2. The number of carboxylic acid groups (broad SMARTS) is 1. The Morgan fingerprint density at radius 1 is 1.33 bits per heavy atom. The molecule has 1 aliphatic rings. The highest BCUT2D eigenvalue weighted by atomic mass is 16.4. The zero-order chi connectivity index (χ0) is 14.7. The largest absolute Gasteiger partial charge is 0.478 e. The first-order chi connectivity index (χ1) is 10.2. The number of aromatic carboxylic acids is 1. The first-order valence-corrected chi connectivity index (χ1v) is 7.26. The van der Waals surface area contributed by atoms with Gasteiger partial charge in [0.2, 0.25) is 0 Å². The van der Waals surface area contributed by atoms with Crippen LogP contribution in [-0.4, -0.2) is 38.6 Å². The SMILES string of the molecule is O=C(O)c1cccc2c1CCN(CCCn1ccnc1)C2. The van der Waals surface area contributed by atoms with Gasteiger partial charge in [-0.15, -0.1) is 0 Å². The Balaban J connectivity index is 1.60. The molecule has 0 spiro atoms. The van der Waals surface area contributed by atoms with E-state index in [0.29, 0.717) is 5.56 Å². The molecule has 1 aliphatic heterocycles. The predicted octanol–water partition coefficient (Wildman–Crippen LogP) is 2.03. The van der Waals surface area contributed by atoms with Gasteiger partial charge in [-0.25, -0.2) is 9.78 Å². The van der Waals surface area contributed by atoms with E-state index in [4.69, 9.17) is 0 Å². The molecular weight excluding hydrogens is 266 g/mol. The molecule has 5 heteroatoms. The summed E-state index contributed by atoms with van der Waals surface area (Å²) in [6.45, 7) is 3.77. The molecule has 21 heavy (non-hydrogen) atoms. The van der Waals surface area contributed by atoms with Crippen molar-refractivity contribution in [2.75, 3.05) is 13.1 Å². The van der Waals surface area contributed by atoms with Gasteiger partial charge in [0.25, 0.3) is 0 Å². The summed E-state index contributed by atoms with van der Waals surface area (Å²) in [6.07, 6.45) is 7.51. The Kier molecular flexibility index (Phi) is 4.01. The summed E-state index contributed by atoms with van der Waals surface area (Å²) >= 11 is 0. The first kappa shape index (κ1) is 13.8. The van der Waals surface area contributed by atoms with Crippen LogP contribution in [-0.2, 0) is 19.5 Å². The molecule has 5 nitrogen and oxygen atoms in total. The minimum absolute atomic E-state index is 0.463. The van der Waals surface area contributed by atoms with Gasteiger partial charge in [-0.2, -0.15) is 0 Å². The highest BCUT2D eigenvalue weighted by Gasteiger charge is 2.20. The monoisotopic (exact) mass is 285 g/mol. The van der Waals surface area contributed by atoms with Gasteiger partial charge in [0, 0.05) is 38.6 Å². The Hall–Kier alpha value is -2.14. The van der Waals surface area contributed by atoms with Crippen molar-refractivity contribution in [3.63, 3.8) is 0 Å². The second-order valence-corrected chi connectivity index (χ2v) is 5.43. The summed E-state index contributed by atoms with van der Waals surface area (Å²) in [5.74, 6) is -0.819. The number of aryl methyl sites for hydroxylation is 1. The third-order valence-corrected chi connectivity index (χ3v) is 4.03. The molecule has 0 saturated heterocycles. The molecule has 110 valence electrons. The van der Waals surface area contributed by atoms with Crippen molar-refractivity contribution in [1.82, 2.24) is 14.5 Å². The summed E-state index contributed by atoms with van der Waals surface area (Å²) in [5.41, 5.74) is 2.63. The molecule has 3 rings (SSSR count). The summed E-state index contributed by atoms with van der Waals surface area (Å²) in [6, 6.07) is 5.59. The lowest BCUT2D eigenvalue weighted by molar-refractivity contribution is 0.0694. The lowest BCUT2D eigenvalue weighted by Crippen LogP contribution is -2.32. The smallest absolute Gasteiger partial charge is 0.335 e. The molecule has 2 aromatic rings. The van der Waals surface area contributed by atoms with Gasteiger partial charge in [0.1, 0.15) is 0 Å². The van der Waals surface area contributed by atoms with Crippen LogP contribution in [0.1, 0.15) is 27.9 Å². The van der Waals surface area contributed by atoms with E-state index in [9.17, 15) is 9.90 Å². The third kappa shape index (κ3) is 3.13. The van der Waals surface area contributed by atoms with Crippen LogP contribution in [0.25, 0.3) is 0 Å². The van der Waals surface area contributed by atoms with Gasteiger partial charge in [0.15, 0.2) is 0 Å². The fourth-order valence-corrected chi connectivity index (χ4v) is 2.96. The zero-order valence-electron chi connectivity index (χ0n) is 11.9. The first-order valence-electron chi connectivity index (χ1n) is 7.26. The average Bonchev–Trinajstić information content (AvgIpc) is 2.99. The van der Waals surface area contributed by atoms with Crippen LogP contribution < -0.4 is 0 Å². The Morgan fingerprint density at radius 2 is 2.24 bits per heavy atom. The number of fused-ring (bicyclic) bond motifs is 1. The van der Waals surface area contributed by atoms with Crippen LogP contribution in [0.2, 0.25) is 0 Å². The van der Waals surface area contributed by atoms with Crippen molar-refractivity contribution in [2.24, 2.45) is 0 Å². The highest BCUT2D eigenvalue weighted by Crippen LogP contribution is 2.22. The molecule has 0 fully saturated rings. The number of nitrogens with zero attached hydrogens (tertiary/aromatic N) is 3. The molecule has 1 N–H and O–H groups in total. The molecule has 2 heterocycles. The van der Waals surface area contributed by atoms with Crippen LogP contribution in [0, 0.1) is 0 Å². The van der Waals surface area contributed by atoms with Gasteiger partial charge in [-0.1, -0.05) is 12.1 Å². The summed E-state index contributed by atoms with van der Waals surface area (Å²) in [4.78, 5) is 17.7. The van der Waals surface area contributed by atoms with E-state index in [2.05, 4.69) is 14.5 Å². The fraction of sp³-hybridized carbons (Fsp3) is 0.375. The van der Waals surface area contributed by atoms with Crippen molar-refractivity contribution >= 4 is 5.97 Å². The van der Waals surface area contributed by atoms with Gasteiger partial charge >= 0.3 is 5.97 Å². The summed E-state index contributed by atoms with van der Waals surface area (Å²) < 4.78 is 2.08. The van der Waals surface area contributed by atoms with Crippen LogP contribution in [0.4, 0.5) is 0 Å². The van der Waals surface area contributed by atoms with E-state index < -0.39 is 5.97 Å². The number of imidazole rings is 1. The van der Waals surface area contributed by atoms with Crippen LogP contribution in [0.3, 0.4) is 0 Å². The molecular formula is C16H19N3O2. The molecule has 1 aromatic carbocycles. The number of hydrogen-bond donors (Lipinski definition) is 1. The fourth-order valence-electron chi connectivity index (χ4n) is 2.96. The van der Waals surface area contributed by atoms with Crippen LogP contribution >= 0.6 is 0 Å². The topological polar surface area (TPSA) is 58.4 Å². The number of rotatable bonds is 5. The molecule has 0 saturated carbocycles. The Bertz CT molecular complexity index is 622. The lowest BCUT2D eigenvalue weighted by atomic mass is 9.94. The van der Waals surface area contributed by atoms with Crippen LogP contribution in [0.15, 0.2) is 36.9 Å².